The van der Waals surface area contributed by atoms with Gasteiger partial charge in [-0.2, -0.15) is 0 Å². The van der Waals surface area contributed by atoms with Crippen LogP contribution in [0, 0.1) is 5.92 Å². The third-order valence-electron chi connectivity index (χ3n) is 3.76. The average molecular weight is 356 g/mol. The summed E-state index contributed by atoms with van der Waals surface area (Å²) in [4.78, 5) is 23.6. The van der Waals surface area contributed by atoms with Gasteiger partial charge in [-0.15, -0.1) is 0 Å². The molecule has 7 heteroatoms. The second kappa shape index (κ2) is 8.24. The number of hydrogen-bond acceptors (Lipinski definition) is 5. The minimum atomic E-state index is -0.505. The van der Waals surface area contributed by atoms with Crippen molar-refractivity contribution in [2.45, 2.75) is 33.2 Å². The van der Waals surface area contributed by atoms with Crippen LogP contribution in [0.25, 0.3) is 0 Å². The summed E-state index contributed by atoms with van der Waals surface area (Å²) in [5.41, 5.74) is 0.644. The highest BCUT2D eigenvalue weighted by molar-refractivity contribution is 6.32. The highest BCUT2D eigenvalue weighted by Crippen LogP contribution is 2.38. The van der Waals surface area contributed by atoms with Gasteiger partial charge in [0.1, 0.15) is 13.2 Å². The predicted molar refractivity (Wildman–Crippen MR) is 89.5 cm³/mol. The Labute approximate surface area is 146 Å². The molecule has 0 radical (unpaired) electrons. The van der Waals surface area contributed by atoms with E-state index in [2.05, 4.69) is 5.32 Å². The number of amides is 1. The molecular weight excluding hydrogens is 334 g/mol. The molecule has 1 aliphatic rings. The van der Waals surface area contributed by atoms with E-state index in [1.165, 1.54) is 0 Å². The fraction of sp³-hybridized carbons (Fsp3) is 0.529. The molecule has 1 unspecified atom stereocenters. The summed E-state index contributed by atoms with van der Waals surface area (Å²) < 4.78 is 15.9. The van der Waals surface area contributed by atoms with Gasteiger partial charge >= 0.3 is 5.97 Å². The second-order valence-corrected chi connectivity index (χ2v) is 6.45. The Morgan fingerprint density at radius 2 is 1.96 bits per heavy atom. The van der Waals surface area contributed by atoms with Gasteiger partial charge in [0.15, 0.2) is 18.1 Å². The van der Waals surface area contributed by atoms with Crippen molar-refractivity contribution in [3.63, 3.8) is 0 Å². The number of ether oxygens (including phenoxy) is 3. The molecule has 1 heterocycles. The normalized spacial score (nSPS) is 14.2. The molecular formula is C17H22ClNO5. The predicted octanol–water partition coefficient (Wildman–Crippen LogP) is 2.36. The SMILES string of the molecule is CC(C)C(C)NC(=O)COC(=O)Cc1cc(Cl)c2c(c1)OCCO2. The summed E-state index contributed by atoms with van der Waals surface area (Å²) in [6.07, 6.45) is 0.00335. The molecule has 24 heavy (non-hydrogen) atoms. The van der Waals surface area contributed by atoms with Crippen LogP contribution in [0.3, 0.4) is 0 Å². The van der Waals surface area contributed by atoms with E-state index >= 15 is 0 Å². The van der Waals surface area contributed by atoms with E-state index in [1.807, 2.05) is 20.8 Å². The molecule has 6 nitrogen and oxygen atoms in total. The molecule has 1 aromatic rings. The van der Waals surface area contributed by atoms with E-state index in [0.29, 0.717) is 41.2 Å². The highest BCUT2D eigenvalue weighted by Gasteiger charge is 2.18. The van der Waals surface area contributed by atoms with Crippen LogP contribution in [0.1, 0.15) is 26.3 Å². The molecule has 1 amide bonds. The van der Waals surface area contributed by atoms with Gasteiger partial charge in [0.05, 0.1) is 11.4 Å². The number of rotatable bonds is 6. The van der Waals surface area contributed by atoms with Gasteiger partial charge < -0.3 is 19.5 Å². The minimum absolute atomic E-state index is 0.00335. The summed E-state index contributed by atoms with van der Waals surface area (Å²) >= 11 is 6.12. The standard InChI is InChI=1S/C17H22ClNO5/c1-10(2)11(3)19-15(20)9-24-16(21)8-12-6-13(18)17-14(7-12)22-4-5-23-17/h6-7,10-11H,4-5,8-9H2,1-3H3,(H,19,20). The van der Waals surface area contributed by atoms with E-state index in [-0.39, 0.29) is 25.0 Å². The van der Waals surface area contributed by atoms with Crippen molar-refractivity contribution in [2.75, 3.05) is 19.8 Å². The van der Waals surface area contributed by atoms with Crippen LogP contribution in [0.15, 0.2) is 12.1 Å². The number of nitrogens with one attached hydrogen (secondary N) is 1. The van der Waals surface area contributed by atoms with E-state index in [1.54, 1.807) is 12.1 Å². The van der Waals surface area contributed by atoms with Crippen molar-refractivity contribution >= 4 is 23.5 Å². The van der Waals surface area contributed by atoms with Crippen LogP contribution in [0.2, 0.25) is 5.02 Å². The lowest BCUT2D eigenvalue weighted by Crippen LogP contribution is -2.38. The lowest BCUT2D eigenvalue weighted by atomic mass is 10.1. The van der Waals surface area contributed by atoms with E-state index < -0.39 is 5.97 Å². The molecule has 2 rings (SSSR count). The summed E-state index contributed by atoms with van der Waals surface area (Å²) in [5.74, 6) is 0.492. The van der Waals surface area contributed by atoms with Crippen LogP contribution in [-0.4, -0.2) is 37.7 Å². The molecule has 132 valence electrons. The summed E-state index contributed by atoms with van der Waals surface area (Å²) in [6.45, 7) is 6.49. The molecule has 0 spiro atoms. The van der Waals surface area contributed by atoms with Gasteiger partial charge in [-0.3, -0.25) is 9.59 Å². The van der Waals surface area contributed by atoms with Crippen molar-refractivity contribution in [3.05, 3.63) is 22.7 Å². The lowest BCUT2D eigenvalue weighted by molar-refractivity contribution is -0.148. The van der Waals surface area contributed by atoms with Gasteiger partial charge in [-0.1, -0.05) is 25.4 Å². The first-order valence-corrected chi connectivity index (χ1v) is 8.27. The van der Waals surface area contributed by atoms with Crippen molar-refractivity contribution in [3.8, 4) is 11.5 Å². The van der Waals surface area contributed by atoms with Crippen molar-refractivity contribution < 1.29 is 23.8 Å². The summed E-state index contributed by atoms with van der Waals surface area (Å²) in [7, 11) is 0. The van der Waals surface area contributed by atoms with Gasteiger partial charge in [-0.25, -0.2) is 0 Å². The Balaban J connectivity index is 1.86. The quantitative estimate of drug-likeness (QED) is 0.793. The number of benzene rings is 1. The number of hydrogen-bond donors (Lipinski definition) is 1. The van der Waals surface area contributed by atoms with Crippen LogP contribution in [-0.2, 0) is 20.7 Å². The zero-order chi connectivity index (χ0) is 17.7. The zero-order valence-electron chi connectivity index (χ0n) is 14.1. The number of fused-ring (bicyclic) bond motifs is 1. The zero-order valence-corrected chi connectivity index (χ0v) is 14.8. The molecule has 0 saturated carbocycles. The molecule has 0 aromatic heterocycles. The Kier molecular flexibility index (Phi) is 6.31. The van der Waals surface area contributed by atoms with Gasteiger partial charge in [0.25, 0.3) is 5.91 Å². The molecule has 1 aliphatic heterocycles. The first kappa shape index (κ1) is 18.4. The molecule has 0 aliphatic carbocycles. The molecule has 0 bridgehead atoms. The maximum Gasteiger partial charge on any atom is 0.310 e. The van der Waals surface area contributed by atoms with Crippen molar-refractivity contribution in [1.29, 1.82) is 0 Å². The molecule has 1 aromatic carbocycles. The summed E-state index contributed by atoms with van der Waals surface area (Å²) in [6, 6.07) is 3.35. The van der Waals surface area contributed by atoms with Crippen molar-refractivity contribution in [1.82, 2.24) is 5.32 Å². The van der Waals surface area contributed by atoms with Crippen LogP contribution in [0.4, 0.5) is 0 Å². The van der Waals surface area contributed by atoms with E-state index in [4.69, 9.17) is 25.8 Å². The van der Waals surface area contributed by atoms with Crippen LogP contribution >= 0.6 is 11.6 Å². The van der Waals surface area contributed by atoms with Crippen LogP contribution in [0.5, 0.6) is 11.5 Å². The number of halogens is 1. The maximum atomic E-state index is 11.9. The minimum Gasteiger partial charge on any atom is -0.486 e. The fourth-order valence-corrected chi connectivity index (χ4v) is 2.38. The largest absolute Gasteiger partial charge is 0.486 e. The van der Waals surface area contributed by atoms with E-state index in [9.17, 15) is 9.59 Å². The van der Waals surface area contributed by atoms with Gasteiger partial charge in [-0.05, 0) is 30.5 Å². The highest BCUT2D eigenvalue weighted by atomic mass is 35.5. The maximum absolute atomic E-state index is 11.9. The second-order valence-electron chi connectivity index (χ2n) is 6.04. The first-order valence-electron chi connectivity index (χ1n) is 7.90. The van der Waals surface area contributed by atoms with Crippen molar-refractivity contribution in [2.24, 2.45) is 5.92 Å². The third kappa shape index (κ3) is 5.03. The summed E-state index contributed by atoms with van der Waals surface area (Å²) in [5, 5.41) is 3.16. The van der Waals surface area contributed by atoms with E-state index in [0.717, 1.165) is 0 Å². The molecule has 0 saturated heterocycles. The first-order chi connectivity index (χ1) is 11.4. The Hall–Kier alpha value is -1.95. The molecule has 1 N–H and O–H groups in total. The Bertz CT molecular complexity index is 617. The third-order valence-corrected chi connectivity index (χ3v) is 4.04. The van der Waals surface area contributed by atoms with Crippen LogP contribution < -0.4 is 14.8 Å². The number of carbonyl (C=O) groups is 2. The molecule has 1 atom stereocenters. The number of esters is 1. The topological polar surface area (TPSA) is 73.9 Å². The van der Waals surface area contributed by atoms with Gasteiger partial charge in [0.2, 0.25) is 0 Å². The average Bonchev–Trinajstić information content (AvgIpc) is 2.53. The smallest absolute Gasteiger partial charge is 0.310 e. The Morgan fingerprint density at radius 1 is 1.25 bits per heavy atom. The lowest BCUT2D eigenvalue weighted by Gasteiger charge is -2.20. The molecule has 0 fully saturated rings. The van der Waals surface area contributed by atoms with Gasteiger partial charge in [0, 0.05) is 6.04 Å². The number of carbonyl (C=O) groups excluding carboxylic acids is 2. The fourth-order valence-electron chi connectivity index (χ4n) is 2.09. The monoisotopic (exact) mass is 355 g/mol. The Morgan fingerprint density at radius 3 is 2.67 bits per heavy atom.